The number of hydrogen-bond donors (Lipinski definition) is 2. The summed E-state index contributed by atoms with van der Waals surface area (Å²) in [4.78, 5) is 1.40. The highest BCUT2D eigenvalue weighted by Crippen LogP contribution is 2.35. The number of rotatable bonds is 7. The van der Waals surface area contributed by atoms with Gasteiger partial charge in [0.05, 0.1) is 3.79 Å². The first kappa shape index (κ1) is 17.4. The van der Waals surface area contributed by atoms with Gasteiger partial charge < -0.3 is 5.32 Å². The topological polar surface area (TPSA) is 58.2 Å². The number of hydrogen-bond acceptors (Lipinski definition) is 4. The van der Waals surface area contributed by atoms with Crippen molar-refractivity contribution in [2.45, 2.75) is 62.9 Å². The molecule has 0 unspecified atom stereocenters. The molecule has 1 heterocycles. The summed E-state index contributed by atoms with van der Waals surface area (Å²) in [6, 6.07) is 1.78. The lowest BCUT2D eigenvalue weighted by molar-refractivity contribution is 0.427. The lowest BCUT2D eigenvalue weighted by Gasteiger charge is -2.24. The van der Waals surface area contributed by atoms with E-state index in [1.54, 1.807) is 6.07 Å². The molecule has 1 aromatic heterocycles. The maximum Gasteiger partial charge on any atom is 0.243 e. The molecule has 0 aliphatic heterocycles. The molecule has 1 aliphatic carbocycles. The Balaban J connectivity index is 2.12. The Kier molecular flexibility index (Phi) is 5.87. The summed E-state index contributed by atoms with van der Waals surface area (Å²) in [6.45, 7) is 5.76. The van der Waals surface area contributed by atoms with Gasteiger partial charge in [-0.15, -0.1) is 11.3 Å². The molecule has 21 heavy (non-hydrogen) atoms. The summed E-state index contributed by atoms with van der Waals surface area (Å²) in [5, 5.41) is 3.30. The Bertz CT molecular complexity index is 578. The fourth-order valence-corrected chi connectivity index (χ4v) is 6.81. The number of sulfonamides is 1. The van der Waals surface area contributed by atoms with Gasteiger partial charge in [-0.05, 0) is 54.7 Å². The molecule has 0 aromatic carbocycles. The molecular weight excluding hydrogens is 372 g/mol. The third-order valence-corrected chi connectivity index (χ3v) is 7.70. The van der Waals surface area contributed by atoms with Gasteiger partial charge in [0, 0.05) is 17.0 Å². The second-order valence-corrected chi connectivity index (χ2v) is 10.0. The van der Waals surface area contributed by atoms with Crippen LogP contribution in [0.25, 0.3) is 0 Å². The van der Waals surface area contributed by atoms with Gasteiger partial charge in [0.25, 0.3) is 0 Å². The first-order valence-corrected chi connectivity index (χ1v) is 10.5. The first-order chi connectivity index (χ1) is 9.86. The lowest BCUT2D eigenvalue weighted by atomic mass is 10.0. The summed E-state index contributed by atoms with van der Waals surface area (Å²) in [6.07, 6.45) is 5.08. The van der Waals surface area contributed by atoms with Gasteiger partial charge >= 0.3 is 0 Å². The Hall–Kier alpha value is 0.0500. The molecule has 4 nitrogen and oxygen atoms in total. The van der Waals surface area contributed by atoms with Crippen LogP contribution >= 0.6 is 27.3 Å². The van der Waals surface area contributed by atoms with E-state index in [0.29, 0.717) is 15.2 Å². The molecule has 7 heteroatoms. The minimum atomic E-state index is -3.46. The second-order valence-electron chi connectivity index (χ2n) is 5.90. The summed E-state index contributed by atoms with van der Waals surface area (Å²) >= 11 is 4.88. The molecule has 1 aromatic rings. The van der Waals surface area contributed by atoms with Crippen LogP contribution in [0.4, 0.5) is 0 Å². The van der Waals surface area contributed by atoms with Crippen molar-refractivity contribution < 1.29 is 8.42 Å². The molecule has 0 bridgehead atoms. The molecule has 0 atom stereocenters. The SMILES string of the molecule is CCCNCc1cc(S(=O)(=O)NC2(C)CCCC2)c(Br)s1. The zero-order valence-electron chi connectivity index (χ0n) is 12.5. The summed E-state index contributed by atoms with van der Waals surface area (Å²) in [5.41, 5.74) is -0.291. The van der Waals surface area contributed by atoms with Crippen LogP contribution < -0.4 is 10.0 Å². The highest BCUT2D eigenvalue weighted by molar-refractivity contribution is 9.11. The quantitative estimate of drug-likeness (QED) is 0.694. The third kappa shape index (κ3) is 4.51. The van der Waals surface area contributed by atoms with Crippen LogP contribution in [-0.2, 0) is 16.6 Å². The average Bonchev–Trinajstić information content (AvgIpc) is 2.96. The predicted molar refractivity (Wildman–Crippen MR) is 91.2 cm³/mol. The molecule has 0 saturated heterocycles. The molecule has 0 amide bonds. The van der Waals surface area contributed by atoms with Crippen LogP contribution in [0.2, 0.25) is 0 Å². The maximum absolute atomic E-state index is 12.6. The highest BCUT2D eigenvalue weighted by Gasteiger charge is 2.34. The standard InChI is InChI=1S/C14H23BrN2O2S2/c1-3-8-16-10-11-9-12(13(15)20-11)21(18,19)17-14(2)6-4-5-7-14/h9,16-17H,3-8,10H2,1-2H3. The van der Waals surface area contributed by atoms with Crippen LogP contribution in [0.15, 0.2) is 14.7 Å². The Morgan fingerprint density at radius 2 is 2.05 bits per heavy atom. The van der Waals surface area contributed by atoms with Crippen molar-refractivity contribution in [2.75, 3.05) is 6.54 Å². The molecule has 1 aliphatic rings. The van der Waals surface area contributed by atoms with Crippen molar-refractivity contribution in [3.05, 3.63) is 14.7 Å². The van der Waals surface area contributed by atoms with Crippen molar-refractivity contribution in [1.29, 1.82) is 0 Å². The second kappa shape index (κ2) is 7.08. The maximum atomic E-state index is 12.6. The molecule has 2 rings (SSSR count). The van der Waals surface area contributed by atoms with Gasteiger partial charge in [-0.25, -0.2) is 13.1 Å². The van der Waals surface area contributed by atoms with Gasteiger partial charge in [0.1, 0.15) is 4.90 Å². The fraction of sp³-hybridized carbons (Fsp3) is 0.714. The number of thiophene rings is 1. The van der Waals surface area contributed by atoms with E-state index in [4.69, 9.17) is 0 Å². The van der Waals surface area contributed by atoms with E-state index in [1.807, 2.05) is 6.92 Å². The Morgan fingerprint density at radius 1 is 1.38 bits per heavy atom. The van der Waals surface area contributed by atoms with Crippen molar-refractivity contribution >= 4 is 37.3 Å². The van der Waals surface area contributed by atoms with E-state index in [2.05, 4.69) is 32.9 Å². The van der Waals surface area contributed by atoms with Gasteiger partial charge in [0.2, 0.25) is 10.0 Å². The smallest absolute Gasteiger partial charge is 0.243 e. The normalized spacial score (nSPS) is 18.2. The minimum Gasteiger partial charge on any atom is -0.312 e. The van der Waals surface area contributed by atoms with Gasteiger partial charge in [-0.1, -0.05) is 19.8 Å². The van der Waals surface area contributed by atoms with Crippen molar-refractivity contribution in [3.63, 3.8) is 0 Å². The van der Waals surface area contributed by atoms with E-state index < -0.39 is 10.0 Å². The predicted octanol–water partition coefficient (Wildman–Crippen LogP) is 3.62. The van der Waals surface area contributed by atoms with Crippen LogP contribution in [0.5, 0.6) is 0 Å². The van der Waals surface area contributed by atoms with Gasteiger partial charge in [-0.3, -0.25) is 0 Å². The van der Waals surface area contributed by atoms with Gasteiger partial charge in [-0.2, -0.15) is 0 Å². The van der Waals surface area contributed by atoms with E-state index in [9.17, 15) is 8.42 Å². The van der Waals surface area contributed by atoms with Crippen molar-refractivity contribution in [2.24, 2.45) is 0 Å². The highest BCUT2D eigenvalue weighted by atomic mass is 79.9. The van der Waals surface area contributed by atoms with Crippen LogP contribution in [0.3, 0.4) is 0 Å². The van der Waals surface area contributed by atoms with Crippen molar-refractivity contribution in [3.8, 4) is 0 Å². The van der Waals surface area contributed by atoms with Crippen LogP contribution in [-0.4, -0.2) is 20.5 Å². The Morgan fingerprint density at radius 3 is 2.67 bits per heavy atom. The molecular formula is C14H23BrN2O2S2. The average molecular weight is 395 g/mol. The zero-order chi connectivity index (χ0) is 15.5. The summed E-state index contributed by atoms with van der Waals surface area (Å²) in [5.74, 6) is 0. The third-order valence-electron chi connectivity index (χ3n) is 3.81. The molecule has 0 spiro atoms. The monoisotopic (exact) mass is 394 g/mol. The molecule has 1 fully saturated rings. The number of nitrogens with one attached hydrogen (secondary N) is 2. The zero-order valence-corrected chi connectivity index (χ0v) is 15.8. The minimum absolute atomic E-state index is 0.291. The van der Waals surface area contributed by atoms with E-state index in [0.717, 1.165) is 43.5 Å². The fourth-order valence-electron chi connectivity index (χ4n) is 2.69. The first-order valence-electron chi connectivity index (χ1n) is 7.39. The van der Waals surface area contributed by atoms with Crippen LogP contribution in [0.1, 0.15) is 50.8 Å². The van der Waals surface area contributed by atoms with Crippen molar-refractivity contribution in [1.82, 2.24) is 10.0 Å². The Labute approximate surface area is 139 Å². The van der Waals surface area contributed by atoms with Crippen LogP contribution in [0, 0.1) is 0 Å². The van der Waals surface area contributed by atoms with E-state index in [-0.39, 0.29) is 5.54 Å². The van der Waals surface area contributed by atoms with Gasteiger partial charge in [0.15, 0.2) is 0 Å². The molecule has 2 N–H and O–H groups in total. The summed E-state index contributed by atoms with van der Waals surface area (Å²) < 4.78 is 28.8. The van der Waals surface area contributed by atoms with E-state index in [1.165, 1.54) is 11.3 Å². The molecule has 0 radical (unpaired) electrons. The molecule has 1 saturated carbocycles. The number of halogens is 1. The molecule has 120 valence electrons. The lowest BCUT2D eigenvalue weighted by Crippen LogP contribution is -2.43. The summed E-state index contributed by atoms with van der Waals surface area (Å²) in [7, 11) is -3.46. The largest absolute Gasteiger partial charge is 0.312 e. The van der Waals surface area contributed by atoms with E-state index >= 15 is 0 Å².